The Labute approximate surface area is 122 Å². The van der Waals surface area contributed by atoms with Crippen LogP contribution in [0.15, 0.2) is 36.7 Å². The SMILES string of the molecule is Cc1cnc(CNC(=O)[C@@H]2COc3ccccc3O2)cn1. The molecule has 0 spiro atoms. The van der Waals surface area contributed by atoms with E-state index in [4.69, 9.17) is 9.47 Å². The average Bonchev–Trinajstić information content (AvgIpc) is 2.53. The third kappa shape index (κ3) is 3.10. The molecule has 1 atom stereocenters. The molecule has 3 rings (SSSR count). The van der Waals surface area contributed by atoms with E-state index in [2.05, 4.69) is 15.3 Å². The number of carbonyl (C=O) groups is 1. The minimum Gasteiger partial charge on any atom is -0.485 e. The van der Waals surface area contributed by atoms with E-state index in [0.717, 1.165) is 5.69 Å². The molecule has 1 aliphatic heterocycles. The summed E-state index contributed by atoms with van der Waals surface area (Å²) in [5.74, 6) is 1.01. The highest BCUT2D eigenvalue weighted by Crippen LogP contribution is 2.30. The number of aromatic nitrogens is 2. The van der Waals surface area contributed by atoms with Crippen molar-refractivity contribution in [3.63, 3.8) is 0 Å². The third-order valence-corrected chi connectivity index (χ3v) is 3.08. The molecule has 6 nitrogen and oxygen atoms in total. The monoisotopic (exact) mass is 285 g/mol. The second-order valence-corrected chi connectivity index (χ2v) is 4.73. The van der Waals surface area contributed by atoms with Gasteiger partial charge in [-0.2, -0.15) is 0 Å². The molecule has 0 unspecified atom stereocenters. The van der Waals surface area contributed by atoms with Gasteiger partial charge in [0.1, 0.15) is 6.61 Å². The number of hydrogen-bond acceptors (Lipinski definition) is 5. The van der Waals surface area contributed by atoms with Crippen LogP contribution in [0.4, 0.5) is 0 Å². The molecule has 2 heterocycles. The van der Waals surface area contributed by atoms with Crippen LogP contribution in [0.2, 0.25) is 0 Å². The molecule has 108 valence electrons. The molecular formula is C15H15N3O3. The summed E-state index contributed by atoms with van der Waals surface area (Å²) >= 11 is 0. The summed E-state index contributed by atoms with van der Waals surface area (Å²) in [6.45, 7) is 2.37. The van der Waals surface area contributed by atoms with Gasteiger partial charge < -0.3 is 14.8 Å². The summed E-state index contributed by atoms with van der Waals surface area (Å²) in [5.41, 5.74) is 1.54. The highest BCUT2D eigenvalue weighted by Gasteiger charge is 2.26. The number of nitrogens with one attached hydrogen (secondary N) is 1. The summed E-state index contributed by atoms with van der Waals surface area (Å²) in [4.78, 5) is 20.4. The second-order valence-electron chi connectivity index (χ2n) is 4.73. The van der Waals surface area contributed by atoms with Crippen molar-refractivity contribution in [2.45, 2.75) is 19.6 Å². The van der Waals surface area contributed by atoms with Gasteiger partial charge in [-0.25, -0.2) is 0 Å². The number of carbonyl (C=O) groups excluding carboxylic acids is 1. The van der Waals surface area contributed by atoms with Crippen molar-refractivity contribution in [3.8, 4) is 11.5 Å². The maximum Gasteiger partial charge on any atom is 0.265 e. The van der Waals surface area contributed by atoms with Crippen LogP contribution in [0.1, 0.15) is 11.4 Å². The quantitative estimate of drug-likeness (QED) is 0.918. The van der Waals surface area contributed by atoms with E-state index < -0.39 is 6.10 Å². The van der Waals surface area contributed by atoms with Crippen LogP contribution in [0, 0.1) is 6.92 Å². The Morgan fingerprint density at radius 2 is 2.10 bits per heavy atom. The van der Waals surface area contributed by atoms with E-state index in [0.29, 0.717) is 23.7 Å². The molecular weight excluding hydrogens is 270 g/mol. The average molecular weight is 285 g/mol. The van der Waals surface area contributed by atoms with Gasteiger partial charge in [0.25, 0.3) is 5.91 Å². The van der Waals surface area contributed by atoms with Crippen LogP contribution in [-0.2, 0) is 11.3 Å². The van der Waals surface area contributed by atoms with Crippen LogP contribution in [-0.4, -0.2) is 28.6 Å². The molecule has 1 aromatic carbocycles. The first-order valence-electron chi connectivity index (χ1n) is 6.66. The van der Waals surface area contributed by atoms with Gasteiger partial charge in [-0.05, 0) is 19.1 Å². The van der Waals surface area contributed by atoms with Crippen LogP contribution >= 0.6 is 0 Å². The minimum atomic E-state index is -0.654. The molecule has 6 heteroatoms. The minimum absolute atomic E-state index is 0.197. The first-order valence-corrected chi connectivity index (χ1v) is 6.66. The number of ether oxygens (including phenoxy) is 2. The molecule has 1 aromatic heterocycles. The number of aryl methyl sites for hydroxylation is 1. The molecule has 0 aliphatic carbocycles. The fourth-order valence-corrected chi connectivity index (χ4v) is 1.95. The zero-order valence-electron chi connectivity index (χ0n) is 11.6. The predicted octanol–water partition coefficient (Wildman–Crippen LogP) is 1.24. The maximum absolute atomic E-state index is 12.1. The Morgan fingerprint density at radius 3 is 2.86 bits per heavy atom. The van der Waals surface area contributed by atoms with E-state index in [9.17, 15) is 4.79 Å². The Balaban J connectivity index is 1.58. The molecule has 0 saturated carbocycles. The van der Waals surface area contributed by atoms with Crippen molar-refractivity contribution < 1.29 is 14.3 Å². The van der Waals surface area contributed by atoms with E-state index in [1.807, 2.05) is 25.1 Å². The summed E-state index contributed by atoms with van der Waals surface area (Å²) in [6, 6.07) is 7.29. The van der Waals surface area contributed by atoms with Gasteiger partial charge in [0.2, 0.25) is 6.10 Å². The number of nitrogens with zero attached hydrogens (tertiary/aromatic N) is 2. The number of benzene rings is 1. The number of hydrogen-bond donors (Lipinski definition) is 1. The first-order chi connectivity index (χ1) is 10.2. The fraction of sp³-hybridized carbons (Fsp3) is 0.267. The maximum atomic E-state index is 12.1. The van der Waals surface area contributed by atoms with Crippen molar-refractivity contribution in [3.05, 3.63) is 48.0 Å². The molecule has 0 bridgehead atoms. The smallest absolute Gasteiger partial charge is 0.265 e. The summed E-state index contributed by atoms with van der Waals surface area (Å²) < 4.78 is 11.1. The molecule has 21 heavy (non-hydrogen) atoms. The Hall–Kier alpha value is -2.63. The second kappa shape index (κ2) is 5.78. The lowest BCUT2D eigenvalue weighted by molar-refractivity contribution is -0.130. The van der Waals surface area contributed by atoms with Gasteiger partial charge in [0.05, 0.1) is 24.1 Å². The van der Waals surface area contributed by atoms with Crippen molar-refractivity contribution in [1.29, 1.82) is 0 Å². The number of fused-ring (bicyclic) bond motifs is 1. The predicted molar refractivity (Wildman–Crippen MR) is 75.0 cm³/mol. The number of rotatable bonds is 3. The Bertz CT molecular complexity index is 643. The van der Waals surface area contributed by atoms with Crippen LogP contribution < -0.4 is 14.8 Å². The van der Waals surface area contributed by atoms with Gasteiger partial charge in [-0.3, -0.25) is 14.8 Å². The summed E-state index contributed by atoms with van der Waals surface area (Å²) in [5, 5.41) is 2.77. The van der Waals surface area contributed by atoms with E-state index in [1.165, 1.54) is 0 Å². The van der Waals surface area contributed by atoms with Gasteiger partial charge in [0, 0.05) is 6.20 Å². The van der Waals surface area contributed by atoms with Crippen molar-refractivity contribution in [2.24, 2.45) is 0 Å². The molecule has 1 amide bonds. The zero-order chi connectivity index (χ0) is 14.7. The van der Waals surface area contributed by atoms with Crippen molar-refractivity contribution in [2.75, 3.05) is 6.61 Å². The largest absolute Gasteiger partial charge is 0.485 e. The van der Waals surface area contributed by atoms with E-state index >= 15 is 0 Å². The van der Waals surface area contributed by atoms with Gasteiger partial charge in [-0.1, -0.05) is 12.1 Å². The van der Waals surface area contributed by atoms with E-state index in [-0.39, 0.29) is 12.5 Å². The first kappa shape index (κ1) is 13.4. The summed E-state index contributed by atoms with van der Waals surface area (Å²) in [6.07, 6.45) is 2.65. The summed E-state index contributed by atoms with van der Waals surface area (Å²) in [7, 11) is 0. The van der Waals surface area contributed by atoms with Gasteiger partial charge in [-0.15, -0.1) is 0 Å². The number of amides is 1. The normalized spacial score (nSPS) is 16.3. The van der Waals surface area contributed by atoms with Crippen LogP contribution in [0.25, 0.3) is 0 Å². The lowest BCUT2D eigenvalue weighted by atomic mass is 10.2. The Morgan fingerprint density at radius 1 is 1.29 bits per heavy atom. The standard InChI is InChI=1S/C15H15N3O3/c1-10-6-17-11(7-16-10)8-18-15(19)14-9-20-12-4-2-3-5-13(12)21-14/h2-7,14H,8-9H2,1H3,(H,18,19)/t14-/m0/s1. The molecule has 1 aliphatic rings. The Kier molecular flexibility index (Phi) is 3.68. The van der Waals surface area contributed by atoms with Crippen LogP contribution in [0.5, 0.6) is 11.5 Å². The lowest BCUT2D eigenvalue weighted by Crippen LogP contribution is -2.43. The molecule has 0 radical (unpaired) electrons. The topological polar surface area (TPSA) is 73.3 Å². The lowest BCUT2D eigenvalue weighted by Gasteiger charge is -2.25. The van der Waals surface area contributed by atoms with Crippen LogP contribution in [0.3, 0.4) is 0 Å². The van der Waals surface area contributed by atoms with E-state index in [1.54, 1.807) is 18.5 Å². The molecule has 0 fully saturated rings. The zero-order valence-corrected chi connectivity index (χ0v) is 11.6. The fourth-order valence-electron chi connectivity index (χ4n) is 1.95. The molecule has 2 aromatic rings. The van der Waals surface area contributed by atoms with Crippen molar-refractivity contribution in [1.82, 2.24) is 15.3 Å². The molecule has 0 saturated heterocycles. The van der Waals surface area contributed by atoms with Gasteiger partial charge in [0.15, 0.2) is 11.5 Å². The number of para-hydroxylation sites is 2. The highest BCUT2D eigenvalue weighted by molar-refractivity contribution is 5.81. The van der Waals surface area contributed by atoms with Crippen molar-refractivity contribution >= 4 is 5.91 Å². The van der Waals surface area contributed by atoms with Gasteiger partial charge >= 0.3 is 0 Å². The third-order valence-electron chi connectivity index (χ3n) is 3.08. The highest BCUT2D eigenvalue weighted by atomic mass is 16.6. The molecule has 1 N–H and O–H groups in total.